The second-order valence-corrected chi connectivity index (χ2v) is 4.96. The first-order valence-corrected chi connectivity index (χ1v) is 6.44. The van der Waals surface area contributed by atoms with Gasteiger partial charge in [-0.3, -0.25) is 4.79 Å². The van der Waals surface area contributed by atoms with Gasteiger partial charge in [0.05, 0.1) is 10.2 Å². The third kappa shape index (κ3) is 2.71. The number of phenols is 1. The van der Waals surface area contributed by atoms with E-state index in [-0.39, 0.29) is 11.7 Å². The van der Waals surface area contributed by atoms with Crippen LogP contribution in [-0.4, -0.2) is 11.0 Å². The fourth-order valence-corrected chi connectivity index (χ4v) is 2.07. The van der Waals surface area contributed by atoms with Crippen molar-refractivity contribution in [3.05, 3.63) is 52.0 Å². The predicted octanol–water partition coefficient (Wildman–Crippen LogP) is 3.30. The second kappa shape index (κ2) is 5.32. The zero-order valence-electron chi connectivity index (χ0n) is 10.3. The Balaban J connectivity index is 2.31. The van der Waals surface area contributed by atoms with Crippen LogP contribution in [0.5, 0.6) is 5.75 Å². The lowest BCUT2D eigenvalue weighted by molar-refractivity contribution is 0.102. The maximum absolute atomic E-state index is 12.2. The quantitative estimate of drug-likeness (QED) is 0.587. The van der Waals surface area contributed by atoms with Crippen LogP contribution >= 0.6 is 15.9 Å². The number of amides is 1. The van der Waals surface area contributed by atoms with E-state index in [2.05, 4.69) is 21.2 Å². The van der Waals surface area contributed by atoms with Crippen molar-refractivity contribution in [3.63, 3.8) is 0 Å². The SMILES string of the molecule is Cc1c(N)cccc1C(=O)Nc1cccc(Br)c1O. The number of hydrogen-bond acceptors (Lipinski definition) is 3. The molecule has 98 valence electrons. The molecule has 5 heteroatoms. The fourth-order valence-electron chi connectivity index (χ4n) is 1.71. The molecule has 0 atom stereocenters. The van der Waals surface area contributed by atoms with E-state index in [9.17, 15) is 9.90 Å². The molecular weight excluding hydrogens is 308 g/mol. The number of hydrogen-bond donors (Lipinski definition) is 3. The summed E-state index contributed by atoms with van der Waals surface area (Å²) in [7, 11) is 0. The number of carbonyl (C=O) groups is 1. The minimum Gasteiger partial charge on any atom is -0.505 e. The van der Waals surface area contributed by atoms with E-state index in [1.54, 1.807) is 43.3 Å². The summed E-state index contributed by atoms with van der Waals surface area (Å²) in [6, 6.07) is 10.2. The van der Waals surface area contributed by atoms with Crippen molar-refractivity contribution in [2.24, 2.45) is 0 Å². The predicted molar refractivity (Wildman–Crippen MR) is 79.4 cm³/mol. The molecule has 0 aromatic heterocycles. The number of anilines is 2. The van der Waals surface area contributed by atoms with E-state index in [1.165, 1.54) is 0 Å². The molecule has 0 aliphatic rings. The zero-order chi connectivity index (χ0) is 14.0. The summed E-state index contributed by atoms with van der Waals surface area (Å²) in [4.78, 5) is 12.2. The summed E-state index contributed by atoms with van der Waals surface area (Å²) in [6.07, 6.45) is 0. The monoisotopic (exact) mass is 320 g/mol. The number of nitrogen functional groups attached to an aromatic ring is 1. The first-order valence-electron chi connectivity index (χ1n) is 5.64. The number of nitrogens with two attached hydrogens (primary N) is 1. The van der Waals surface area contributed by atoms with Gasteiger partial charge in [-0.2, -0.15) is 0 Å². The van der Waals surface area contributed by atoms with Crippen LogP contribution in [0.2, 0.25) is 0 Å². The number of para-hydroxylation sites is 1. The second-order valence-electron chi connectivity index (χ2n) is 4.11. The summed E-state index contributed by atoms with van der Waals surface area (Å²) in [5, 5.41) is 12.5. The Labute approximate surface area is 119 Å². The highest BCUT2D eigenvalue weighted by molar-refractivity contribution is 9.10. The largest absolute Gasteiger partial charge is 0.505 e. The van der Waals surface area contributed by atoms with Crippen LogP contribution in [0.1, 0.15) is 15.9 Å². The van der Waals surface area contributed by atoms with E-state index in [0.717, 1.165) is 5.56 Å². The van der Waals surface area contributed by atoms with Gasteiger partial charge in [0.2, 0.25) is 0 Å². The molecular formula is C14H13BrN2O2. The molecule has 0 heterocycles. The smallest absolute Gasteiger partial charge is 0.256 e. The molecule has 0 saturated heterocycles. The molecule has 19 heavy (non-hydrogen) atoms. The maximum Gasteiger partial charge on any atom is 0.256 e. The van der Waals surface area contributed by atoms with E-state index >= 15 is 0 Å². The van der Waals surface area contributed by atoms with Gasteiger partial charge in [-0.15, -0.1) is 0 Å². The van der Waals surface area contributed by atoms with Crippen LogP contribution in [0.15, 0.2) is 40.9 Å². The number of carbonyl (C=O) groups excluding carboxylic acids is 1. The van der Waals surface area contributed by atoms with Crippen LogP contribution in [0.4, 0.5) is 11.4 Å². The topological polar surface area (TPSA) is 75.4 Å². The van der Waals surface area contributed by atoms with Crippen LogP contribution < -0.4 is 11.1 Å². The fraction of sp³-hybridized carbons (Fsp3) is 0.0714. The normalized spacial score (nSPS) is 10.2. The zero-order valence-corrected chi connectivity index (χ0v) is 11.9. The average molecular weight is 321 g/mol. The minimum absolute atomic E-state index is 0.00240. The molecule has 4 N–H and O–H groups in total. The Hall–Kier alpha value is -2.01. The van der Waals surface area contributed by atoms with Crippen molar-refractivity contribution in [3.8, 4) is 5.75 Å². The first kappa shape index (κ1) is 13.4. The summed E-state index contributed by atoms with van der Waals surface area (Å²) >= 11 is 3.20. The number of nitrogens with one attached hydrogen (secondary N) is 1. The summed E-state index contributed by atoms with van der Waals surface area (Å²) in [6.45, 7) is 1.78. The van der Waals surface area contributed by atoms with Gasteiger partial charge in [0.15, 0.2) is 5.75 Å². The lowest BCUT2D eigenvalue weighted by Gasteiger charge is -2.11. The highest BCUT2D eigenvalue weighted by atomic mass is 79.9. The van der Waals surface area contributed by atoms with Crippen molar-refractivity contribution in [2.45, 2.75) is 6.92 Å². The molecule has 0 saturated carbocycles. The molecule has 2 rings (SSSR count). The molecule has 0 radical (unpaired) electrons. The first-order chi connectivity index (χ1) is 9.00. The van der Waals surface area contributed by atoms with Gasteiger partial charge in [-0.05, 0) is 52.7 Å². The Morgan fingerprint density at radius 2 is 1.95 bits per heavy atom. The van der Waals surface area contributed by atoms with E-state index in [0.29, 0.717) is 21.4 Å². The summed E-state index contributed by atoms with van der Waals surface area (Å²) in [5.41, 5.74) is 7.88. The third-order valence-corrected chi connectivity index (χ3v) is 3.50. The average Bonchev–Trinajstić information content (AvgIpc) is 2.38. The van der Waals surface area contributed by atoms with Gasteiger partial charge in [0.1, 0.15) is 0 Å². The van der Waals surface area contributed by atoms with Crippen molar-refractivity contribution in [2.75, 3.05) is 11.1 Å². The number of benzene rings is 2. The van der Waals surface area contributed by atoms with Gasteiger partial charge >= 0.3 is 0 Å². The standard InChI is InChI=1S/C14H13BrN2O2/c1-8-9(4-2-6-11(8)16)14(19)17-12-7-3-5-10(15)13(12)18/h2-7,18H,16H2,1H3,(H,17,19). The Bertz CT molecular complexity index is 641. The van der Waals surface area contributed by atoms with Crippen molar-refractivity contribution < 1.29 is 9.90 Å². The Morgan fingerprint density at radius 3 is 2.68 bits per heavy atom. The van der Waals surface area contributed by atoms with Gasteiger partial charge in [-0.25, -0.2) is 0 Å². The number of phenolic OH excluding ortho intramolecular Hbond substituents is 1. The van der Waals surface area contributed by atoms with Crippen molar-refractivity contribution in [1.82, 2.24) is 0 Å². The van der Waals surface area contributed by atoms with Crippen molar-refractivity contribution in [1.29, 1.82) is 0 Å². The molecule has 0 spiro atoms. The molecule has 0 bridgehead atoms. The molecule has 0 unspecified atom stereocenters. The lowest BCUT2D eigenvalue weighted by atomic mass is 10.1. The van der Waals surface area contributed by atoms with Crippen LogP contribution in [-0.2, 0) is 0 Å². The lowest BCUT2D eigenvalue weighted by Crippen LogP contribution is -2.14. The van der Waals surface area contributed by atoms with Crippen LogP contribution in [0.3, 0.4) is 0 Å². The summed E-state index contributed by atoms with van der Waals surface area (Å²) < 4.78 is 0.523. The molecule has 2 aromatic rings. The molecule has 0 aliphatic carbocycles. The summed E-state index contributed by atoms with van der Waals surface area (Å²) in [5.74, 6) is -0.310. The number of rotatable bonds is 2. The minimum atomic E-state index is -0.307. The molecule has 0 fully saturated rings. The maximum atomic E-state index is 12.2. The van der Waals surface area contributed by atoms with Crippen LogP contribution in [0, 0.1) is 6.92 Å². The molecule has 0 aliphatic heterocycles. The van der Waals surface area contributed by atoms with Gasteiger partial charge < -0.3 is 16.2 Å². The number of halogens is 1. The van der Waals surface area contributed by atoms with Crippen LogP contribution in [0.25, 0.3) is 0 Å². The van der Waals surface area contributed by atoms with Crippen molar-refractivity contribution >= 4 is 33.2 Å². The van der Waals surface area contributed by atoms with E-state index in [1.807, 2.05) is 0 Å². The number of aromatic hydroxyl groups is 1. The molecule has 1 amide bonds. The highest BCUT2D eigenvalue weighted by Gasteiger charge is 2.13. The molecule has 4 nitrogen and oxygen atoms in total. The van der Waals surface area contributed by atoms with E-state index in [4.69, 9.17) is 5.73 Å². The highest BCUT2D eigenvalue weighted by Crippen LogP contribution is 2.32. The third-order valence-electron chi connectivity index (χ3n) is 2.86. The Kier molecular flexibility index (Phi) is 3.76. The van der Waals surface area contributed by atoms with Gasteiger partial charge in [-0.1, -0.05) is 12.1 Å². The van der Waals surface area contributed by atoms with Gasteiger partial charge in [0.25, 0.3) is 5.91 Å². The van der Waals surface area contributed by atoms with E-state index < -0.39 is 0 Å². The Morgan fingerprint density at radius 1 is 1.26 bits per heavy atom. The van der Waals surface area contributed by atoms with Gasteiger partial charge in [0, 0.05) is 11.3 Å². The molecule has 2 aromatic carbocycles.